The lowest BCUT2D eigenvalue weighted by molar-refractivity contribution is -0.167. The van der Waals surface area contributed by atoms with E-state index in [1.807, 2.05) is 0 Å². The van der Waals surface area contributed by atoms with Crippen LogP contribution in [-0.4, -0.2) is 37.2 Å². The van der Waals surface area contributed by atoms with Gasteiger partial charge in [0.2, 0.25) is 0 Å². The molecule has 1 unspecified atom stereocenters. The Balaban J connectivity index is 4.50. The van der Waals surface area contributed by atoms with Crippen molar-refractivity contribution >= 4 is 17.9 Å². The molecule has 0 radical (unpaired) electrons. The average Bonchev–Trinajstić information content (AvgIpc) is 3.33. The summed E-state index contributed by atoms with van der Waals surface area (Å²) in [6.45, 7) is 6.41. The number of rotatable bonds is 48. The van der Waals surface area contributed by atoms with Crippen LogP contribution in [0.4, 0.5) is 0 Å². The highest BCUT2D eigenvalue weighted by molar-refractivity contribution is 5.71. The molecule has 0 saturated heterocycles. The molecule has 0 aromatic rings. The van der Waals surface area contributed by atoms with Gasteiger partial charge in [-0.2, -0.15) is 0 Å². The lowest BCUT2D eigenvalue weighted by atomic mass is 10.1. The Morgan fingerprint density at radius 1 is 0.328 bits per heavy atom. The van der Waals surface area contributed by atoms with Crippen LogP contribution in [0.2, 0.25) is 0 Å². The first-order chi connectivity index (χ1) is 33.0. The Hall–Kier alpha value is -3.93. The van der Waals surface area contributed by atoms with Crippen LogP contribution in [0, 0.1) is 0 Å². The molecular formula is C61H100O6. The molecule has 380 valence electrons. The molecule has 0 bridgehead atoms. The van der Waals surface area contributed by atoms with E-state index in [4.69, 9.17) is 14.2 Å². The number of esters is 3. The second-order valence-electron chi connectivity index (χ2n) is 17.9. The molecule has 0 aromatic carbocycles. The first-order valence-corrected chi connectivity index (χ1v) is 27.5. The molecule has 0 heterocycles. The van der Waals surface area contributed by atoms with Crippen LogP contribution in [0.5, 0.6) is 0 Å². The van der Waals surface area contributed by atoms with Gasteiger partial charge in [0.25, 0.3) is 0 Å². The summed E-state index contributed by atoms with van der Waals surface area (Å²) in [4.78, 5) is 38.1. The van der Waals surface area contributed by atoms with Gasteiger partial charge >= 0.3 is 17.9 Å². The van der Waals surface area contributed by atoms with Crippen molar-refractivity contribution in [1.82, 2.24) is 0 Å². The lowest BCUT2D eigenvalue weighted by Gasteiger charge is -2.18. The van der Waals surface area contributed by atoms with Gasteiger partial charge in [0.05, 0.1) is 0 Å². The van der Waals surface area contributed by atoms with E-state index in [9.17, 15) is 14.4 Å². The highest BCUT2D eigenvalue weighted by atomic mass is 16.6. The molecule has 0 saturated carbocycles. The van der Waals surface area contributed by atoms with Crippen molar-refractivity contribution in [3.63, 3.8) is 0 Å². The molecule has 0 rings (SSSR count). The molecule has 67 heavy (non-hydrogen) atoms. The minimum atomic E-state index is -0.802. The zero-order valence-corrected chi connectivity index (χ0v) is 43.4. The number of allylic oxidation sites excluding steroid dienone is 18. The maximum absolute atomic E-state index is 12.8. The lowest BCUT2D eigenvalue weighted by Crippen LogP contribution is -2.30. The van der Waals surface area contributed by atoms with E-state index in [-0.39, 0.29) is 31.1 Å². The van der Waals surface area contributed by atoms with Gasteiger partial charge in [0, 0.05) is 19.3 Å². The second kappa shape index (κ2) is 54.7. The van der Waals surface area contributed by atoms with Crippen molar-refractivity contribution in [2.75, 3.05) is 13.2 Å². The molecule has 0 aliphatic rings. The fourth-order valence-electron chi connectivity index (χ4n) is 7.22. The summed E-state index contributed by atoms with van der Waals surface area (Å²) in [5.41, 5.74) is 0. The molecule has 1 atom stereocenters. The predicted octanol–water partition coefficient (Wildman–Crippen LogP) is 18.3. The second-order valence-corrected chi connectivity index (χ2v) is 17.9. The Morgan fingerprint density at radius 3 is 1.06 bits per heavy atom. The summed E-state index contributed by atoms with van der Waals surface area (Å²) in [6, 6.07) is 0. The monoisotopic (exact) mass is 929 g/mol. The smallest absolute Gasteiger partial charge is 0.306 e. The molecule has 0 amide bonds. The van der Waals surface area contributed by atoms with E-state index in [1.165, 1.54) is 77.0 Å². The highest BCUT2D eigenvalue weighted by Gasteiger charge is 2.19. The third kappa shape index (κ3) is 52.9. The van der Waals surface area contributed by atoms with Crippen LogP contribution >= 0.6 is 0 Å². The standard InChI is InChI=1S/C61H100O6/c1-4-7-10-13-16-19-22-25-28-30-31-34-36-39-42-45-48-51-54-60(63)66-57-58(56-65-59(62)53-50-47-44-41-38-35-32-27-24-21-18-15-12-9-6-3)67-61(64)55-52-49-46-43-40-37-33-29-26-23-20-17-14-11-8-5-2/h8,11,16-22,24-31,34,58H,4-7,9-10,12-15,23,32-33,35-57H2,1-3H3/b11-8-,19-16-,20-17-,21-18-,25-22-,27-24-,29-26-,30-28-,34-31-. The minimum absolute atomic E-state index is 0.0994. The van der Waals surface area contributed by atoms with Crippen LogP contribution in [0.1, 0.15) is 239 Å². The zero-order valence-electron chi connectivity index (χ0n) is 43.4. The molecule has 0 aliphatic heterocycles. The molecule has 0 fully saturated rings. The van der Waals surface area contributed by atoms with Gasteiger partial charge in [-0.15, -0.1) is 0 Å². The van der Waals surface area contributed by atoms with Crippen LogP contribution < -0.4 is 0 Å². The number of hydrogen-bond acceptors (Lipinski definition) is 6. The van der Waals surface area contributed by atoms with Crippen molar-refractivity contribution in [1.29, 1.82) is 0 Å². The van der Waals surface area contributed by atoms with Gasteiger partial charge < -0.3 is 14.2 Å². The summed E-state index contributed by atoms with van der Waals surface area (Å²) in [5.74, 6) is -0.948. The minimum Gasteiger partial charge on any atom is -0.462 e. The summed E-state index contributed by atoms with van der Waals surface area (Å²) in [7, 11) is 0. The quantitative estimate of drug-likeness (QED) is 0.0199. The molecule has 6 heteroatoms. The third-order valence-electron chi connectivity index (χ3n) is 11.4. The first kappa shape index (κ1) is 63.1. The number of ether oxygens (including phenoxy) is 3. The van der Waals surface area contributed by atoms with E-state index in [0.29, 0.717) is 19.3 Å². The zero-order chi connectivity index (χ0) is 48.6. The summed E-state index contributed by atoms with van der Waals surface area (Å²) < 4.78 is 16.8. The normalized spacial score (nSPS) is 12.9. The molecule has 0 aliphatic carbocycles. The fourth-order valence-corrected chi connectivity index (χ4v) is 7.22. The Morgan fingerprint density at radius 2 is 0.642 bits per heavy atom. The summed E-state index contributed by atoms with van der Waals surface area (Å²) in [5, 5.41) is 0. The maximum atomic E-state index is 12.8. The Labute approximate surface area is 412 Å². The molecular weight excluding hydrogens is 829 g/mol. The average molecular weight is 929 g/mol. The van der Waals surface area contributed by atoms with Gasteiger partial charge in [-0.05, 0) is 103 Å². The molecule has 0 aromatic heterocycles. The number of carbonyl (C=O) groups excluding carboxylic acids is 3. The van der Waals surface area contributed by atoms with Crippen LogP contribution in [0.3, 0.4) is 0 Å². The van der Waals surface area contributed by atoms with E-state index in [1.54, 1.807) is 0 Å². The summed E-state index contributed by atoms with van der Waals surface area (Å²) in [6.07, 6.45) is 73.5. The van der Waals surface area contributed by atoms with Gasteiger partial charge in [-0.1, -0.05) is 226 Å². The first-order valence-electron chi connectivity index (χ1n) is 27.5. The third-order valence-corrected chi connectivity index (χ3v) is 11.4. The van der Waals surface area contributed by atoms with Crippen molar-refractivity contribution in [3.05, 3.63) is 109 Å². The number of unbranched alkanes of at least 4 members (excludes halogenated alkanes) is 23. The topological polar surface area (TPSA) is 78.9 Å². The fraction of sp³-hybridized carbons (Fsp3) is 0.656. The van der Waals surface area contributed by atoms with Crippen molar-refractivity contribution in [2.45, 2.75) is 245 Å². The maximum Gasteiger partial charge on any atom is 0.306 e. The van der Waals surface area contributed by atoms with Crippen LogP contribution in [0.15, 0.2) is 109 Å². The van der Waals surface area contributed by atoms with E-state index in [2.05, 4.69) is 130 Å². The van der Waals surface area contributed by atoms with Crippen molar-refractivity contribution < 1.29 is 28.6 Å². The molecule has 6 nitrogen and oxygen atoms in total. The van der Waals surface area contributed by atoms with Crippen LogP contribution in [-0.2, 0) is 28.6 Å². The van der Waals surface area contributed by atoms with E-state index < -0.39 is 6.10 Å². The summed E-state index contributed by atoms with van der Waals surface area (Å²) >= 11 is 0. The number of hydrogen-bond donors (Lipinski definition) is 0. The van der Waals surface area contributed by atoms with E-state index in [0.717, 1.165) is 122 Å². The van der Waals surface area contributed by atoms with Crippen LogP contribution in [0.25, 0.3) is 0 Å². The van der Waals surface area contributed by atoms with E-state index >= 15 is 0 Å². The molecule has 0 N–H and O–H groups in total. The molecule has 0 spiro atoms. The number of carbonyl (C=O) groups is 3. The Bertz CT molecular complexity index is 1390. The van der Waals surface area contributed by atoms with Gasteiger partial charge in [-0.3, -0.25) is 14.4 Å². The van der Waals surface area contributed by atoms with Crippen molar-refractivity contribution in [3.8, 4) is 0 Å². The Kier molecular flexibility index (Phi) is 51.5. The highest BCUT2D eigenvalue weighted by Crippen LogP contribution is 2.14. The van der Waals surface area contributed by atoms with Crippen molar-refractivity contribution in [2.24, 2.45) is 0 Å². The van der Waals surface area contributed by atoms with Gasteiger partial charge in [0.15, 0.2) is 6.10 Å². The van der Waals surface area contributed by atoms with Gasteiger partial charge in [0.1, 0.15) is 13.2 Å². The van der Waals surface area contributed by atoms with Gasteiger partial charge in [-0.25, -0.2) is 0 Å². The largest absolute Gasteiger partial charge is 0.462 e. The predicted molar refractivity (Wildman–Crippen MR) is 288 cm³/mol. The SMILES string of the molecule is CC/C=C\C/C=C\C/C=C\CCCCCCCCC(=O)OC(COC(=O)CCCCCCC\C=C/C=C\C=C/C=C\CCCCC)COC(=O)CCCCCCCC/C=C\C=C/CCCCC.